The van der Waals surface area contributed by atoms with Gasteiger partial charge in [-0.15, -0.1) is 22.7 Å². The van der Waals surface area contributed by atoms with Crippen molar-refractivity contribution in [2.45, 2.75) is 39.5 Å². The summed E-state index contributed by atoms with van der Waals surface area (Å²) in [5.41, 5.74) is 17.5. The number of carbonyl (C=O) groups excluding carboxylic acids is 4. The molecule has 6 rings (SSSR count). The molecule has 2 unspecified atom stereocenters. The van der Waals surface area contributed by atoms with Gasteiger partial charge in [0, 0.05) is 56.6 Å². The molecule has 4 heterocycles. The van der Waals surface area contributed by atoms with Gasteiger partial charge in [-0.3, -0.25) is 9.59 Å². The predicted molar refractivity (Wildman–Crippen MR) is 232 cm³/mol. The molecule has 2 aliphatic heterocycles. The molecule has 0 fully saturated rings. The second kappa shape index (κ2) is 20.3. The Bertz CT molecular complexity index is 2470. The van der Waals surface area contributed by atoms with Crippen LogP contribution >= 0.6 is 38.6 Å². The van der Waals surface area contributed by atoms with Gasteiger partial charge in [-0.25, -0.2) is 9.59 Å². The van der Waals surface area contributed by atoms with Crippen LogP contribution in [0.15, 0.2) is 96.7 Å². The molecule has 0 saturated carbocycles. The molecule has 0 aliphatic carbocycles. The van der Waals surface area contributed by atoms with E-state index in [9.17, 15) is 24.4 Å². The number of nitrogens with two attached hydrogens (primary N) is 2. The minimum atomic E-state index is -0.629. The molecule has 59 heavy (non-hydrogen) atoms. The maximum Gasteiger partial charge on any atom is 0.336 e. The number of rotatable bonds is 14. The number of halogens is 1. The number of ketones is 2. The number of ether oxygens (including phenoxy) is 4. The zero-order valence-corrected chi connectivity index (χ0v) is 36.8. The second-order valence-electron chi connectivity index (χ2n) is 13.5. The van der Waals surface area contributed by atoms with Crippen LogP contribution in [0, 0.1) is 11.3 Å². The van der Waals surface area contributed by atoms with Crippen molar-refractivity contribution >= 4 is 82.3 Å². The Labute approximate surface area is 358 Å². The molecule has 0 bridgehead atoms. The van der Waals surface area contributed by atoms with Crippen LogP contribution in [0.25, 0.3) is 20.2 Å². The average Bonchev–Trinajstić information content (AvgIpc) is 3.85. The predicted octanol–water partition coefficient (Wildman–Crippen LogP) is 6.34. The number of nitriles is 1. The highest BCUT2D eigenvalue weighted by Gasteiger charge is 2.39. The number of carbonyl (C=O) groups is 4. The summed E-state index contributed by atoms with van der Waals surface area (Å²) in [6.07, 6.45) is 0. The van der Waals surface area contributed by atoms with E-state index in [1.54, 1.807) is 30.4 Å². The number of fused-ring (bicyclic) bond motifs is 2. The molecule has 2 aliphatic rings. The lowest BCUT2D eigenvalue weighted by atomic mass is 9.78. The zero-order valence-electron chi connectivity index (χ0n) is 33.6. The van der Waals surface area contributed by atoms with E-state index in [-0.39, 0.29) is 24.8 Å². The minimum Gasteiger partial charge on any atom is -0.466 e. The summed E-state index contributed by atoms with van der Waals surface area (Å²) in [5, 5.41) is 21.5. The zero-order chi connectivity index (χ0) is 43.0. The van der Waals surface area contributed by atoms with Crippen molar-refractivity contribution in [3.05, 3.63) is 113 Å². The van der Waals surface area contributed by atoms with Gasteiger partial charge in [-0.1, -0.05) is 24.3 Å². The van der Waals surface area contributed by atoms with Gasteiger partial charge in [0.1, 0.15) is 6.07 Å². The van der Waals surface area contributed by atoms with Crippen molar-refractivity contribution in [1.29, 1.82) is 5.26 Å². The molecule has 0 radical (unpaired) electrons. The van der Waals surface area contributed by atoms with Crippen molar-refractivity contribution in [2.75, 3.05) is 53.7 Å². The number of esters is 2. The largest absolute Gasteiger partial charge is 0.466 e. The molecular weight excluding hydrogens is 859 g/mol. The first-order valence-corrected chi connectivity index (χ1v) is 21.1. The van der Waals surface area contributed by atoms with Crippen LogP contribution in [0.3, 0.4) is 0 Å². The molecule has 2 atom stereocenters. The molecule has 2 aromatic carbocycles. The molecule has 13 nitrogen and oxygen atoms in total. The van der Waals surface area contributed by atoms with E-state index in [0.717, 1.165) is 35.8 Å². The van der Waals surface area contributed by atoms with Gasteiger partial charge in [-0.05, 0) is 88.4 Å². The van der Waals surface area contributed by atoms with Gasteiger partial charge in [0.15, 0.2) is 11.6 Å². The Kier molecular flexibility index (Phi) is 15.5. The highest BCUT2D eigenvalue weighted by molar-refractivity contribution is 9.10. The number of methoxy groups -OCH3 is 2. The Morgan fingerprint density at radius 1 is 0.729 bits per heavy atom. The molecule has 2 aromatic heterocycles. The number of Topliss-reactive ketones (excluding diaryl/α,β-unsaturated/α-hetero) is 2. The van der Waals surface area contributed by atoms with Gasteiger partial charge in [0.2, 0.25) is 0 Å². The fourth-order valence-electron chi connectivity index (χ4n) is 7.45. The first kappa shape index (κ1) is 45.1. The molecular formula is C43H46BrN5O8S2. The third-order valence-corrected chi connectivity index (χ3v) is 12.8. The van der Waals surface area contributed by atoms with Crippen molar-refractivity contribution in [3.8, 4) is 6.07 Å². The van der Waals surface area contributed by atoms with Crippen molar-refractivity contribution < 1.29 is 38.1 Å². The van der Waals surface area contributed by atoms with E-state index >= 15 is 0 Å². The lowest BCUT2D eigenvalue weighted by Gasteiger charge is -2.31. The second-order valence-corrected chi connectivity index (χ2v) is 16.2. The number of thiophene rings is 2. The first-order chi connectivity index (χ1) is 28.3. The third-order valence-electron chi connectivity index (χ3n) is 9.83. The standard InChI is InChI=1S/C22H23N3O4S.C21H23BrN2O4S/c1-12-18(13(2)26)19(16-11-30-21-14(9-24)5-4-6-15(16)21)20(22(27)28-3)17(25-12)10-29-8-7-23;1-11-17(12(2)25)18(14-10-29-20-13(14)5-4-6-15(20)22)19(21(26)27-3)16(24-11)9-28-8-7-23/h4-6,11,19,25H,7-8,10,23H2,1-3H3;4-6,10,18,24H,7-9,23H2,1-3H3. The van der Waals surface area contributed by atoms with Crippen LogP contribution in [-0.2, 0) is 38.1 Å². The van der Waals surface area contributed by atoms with Gasteiger partial charge < -0.3 is 41.0 Å². The van der Waals surface area contributed by atoms with Gasteiger partial charge >= 0.3 is 11.9 Å². The lowest BCUT2D eigenvalue weighted by Crippen LogP contribution is -2.33. The maximum absolute atomic E-state index is 12.9. The third kappa shape index (κ3) is 9.42. The first-order valence-electron chi connectivity index (χ1n) is 18.6. The van der Waals surface area contributed by atoms with E-state index in [1.165, 1.54) is 39.4 Å². The topological polar surface area (TPSA) is 205 Å². The van der Waals surface area contributed by atoms with Crippen LogP contribution in [0.5, 0.6) is 0 Å². The Morgan fingerprint density at radius 2 is 1.17 bits per heavy atom. The number of allylic oxidation sites excluding steroid dienone is 4. The summed E-state index contributed by atoms with van der Waals surface area (Å²) < 4.78 is 24.2. The number of benzene rings is 2. The molecule has 16 heteroatoms. The Morgan fingerprint density at radius 3 is 1.59 bits per heavy atom. The average molecular weight is 905 g/mol. The maximum atomic E-state index is 12.9. The van der Waals surface area contributed by atoms with Crippen LogP contribution < -0.4 is 22.1 Å². The molecule has 0 saturated heterocycles. The van der Waals surface area contributed by atoms with E-state index in [0.29, 0.717) is 76.9 Å². The Hall–Kier alpha value is -4.99. The van der Waals surface area contributed by atoms with Gasteiger partial charge in [0.05, 0.1) is 73.5 Å². The number of hydrogen-bond acceptors (Lipinski definition) is 15. The molecule has 6 N–H and O–H groups in total. The van der Waals surface area contributed by atoms with E-state index in [1.807, 2.05) is 41.9 Å². The SMILES string of the molecule is COC(=O)C1=C(COCCN)NC(C)=C(C(C)=O)C1c1csc2c(Br)cccc12.COC(=O)C1=C(COCCN)NC(C)=C(C(C)=O)C1c1csc2c(C#N)cccc12. The van der Waals surface area contributed by atoms with Crippen molar-refractivity contribution in [2.24, 2.45) is 11.5 Å². The molecule has 4 aromatic rings. The van der Waals surface area contributed by atoms with Gasteiger partial charge in [0.25, 0.3) is 0 Å². The minimum absolute atomic E-state index is 0.0994. The number of dihydropyridines is 2. The smallest absolute Gasteiger partial charge is 0.336 e. The fourth-order valence-corrected chi connectivity index (χ4v) is 10.2. The number of nitrogens with zero attached hydrogens (tertiary/aromatic N) is 1. The van der Waals surface area contributed by atoms with E-state index in [2.05, 4.69) is 32.6 Å². The van der Waals surface area contributed by atoms with Crippen molar-refractivity contribution in [3.63, 3.8) is 0 Å². The summed E-state index contributed by atoms with van der Waals surface area (Å²) in [6.45, 7) is 8.36. The molecule has 0 amide bonds. The summed E-state index contributed by atoms with van der Waals surface area (Å²) in [4.78, 5) is 51.0. The highest BCUT2D eigenvalue weighted by Crippen LogP contribution is 2.46. The fraction of sp³-hybridized carbons (Fsp3) is 0.326. The normalized spacial score (nSPS) is 16.7. The van der Waals surface area contributed by atoms with Crippen LogP contribution in [-0.4, -0.2) is 77.2 Å². The number of nitrogens with one attached hydrogen (secondary N) is 2. The summed E-state index contributed by atoms with van der Waals surface area (Å²) in [5.74, 6) is -2.45. The summed E-state index contributed by atoms with van der Waals surface area (Å²) >= 11 is 6.57. The van der Waals surface area contributed by atoms with E-state index in [4.69, 9.17) is 30.4 Å². The number of hydrogen-bond donors (Lipinski definition) is 4. The van der Waals surface area contributed by atoms with Crippen LogP contribution in [0.1, 0.15) is 56.2 Å². The summed E-state index contributed by atoms with van der Waals surface area (Å²) in [7, 11) is 2.65. The highest BCUT2D eigenvalue weighted by atomic mass is 79.9. The summed E-state index contributed by atoms with van der Waals surface area (Å²) in [6, 6.07) is 13.6. The Balaban J connectivity index is 0.000000224. The lowest BCUT2D eigenvalue weighted by molar-refractivity contribution is -0.137. The van der Waals surface area contributed by atoms with Crippen LogP contribution in [0.2, 0.25) is 0 Å². The quantitative estimate of drug-likeness (QED) is 0.0807. The molecule has 310 valence electrons. The monoisotopic (exact) mass is 903 g/mol. The van der Waals surface area contributed by atoms with Crippen molar-refractivity contribution in [1.82, 2.24) is 10.6 Å². The van der Waals surface area contributed by atoms with Gasteiger partial charge in [-0.2, -0.15) is 5.26 Å². The van der Waals surface area contributed by atoms with E-state index < -0.39 is 23.8 Å². The molecule has 0 spiro atoms. The van der Waals surface area contributed by atoms with Crippen LogP contribution in [0.4, 0.5) is 0 Å².